The maximum absolute atomic E-state index is 9.55. The SMILES string of the molecule is CCN(CCc1ccccc1)CCc1cccc(O)c1.O=C(O)C=CC(=O)O. The summed E-state index contributed by atoms with van der Waals surface area (Å²) in [5.41, 5.74) is 2.59. The zero-order valence-corrected chi connectivity index (χ0v) is 16.0. The van der Waals surface area contributed by atoms with Crippen LogP contribution in [0.4, 0.5) is 0 Å². The molecule has 2 rings (SSSR count). The quantitative estimate of drug-likeness (QED) is 0.574. The molecule has 0 saturated heterocycles. The first-order valence-corrected chi connectivity index (χ1v) is 9.08. The van der Waals surface area contributed by atoms with Crippen molar-refractivity contribution < 1.29 is 24.9 Å². The highest BCUT2D eigenvalue weighted by Gasteiger charge is 2.04. The molecule has 3 N–H and O–H groups in total. The summed E-state index contributed by atoms with van der Waals surface area (Å²) in [5, 5.41) is 25.1. The number of aliphatic carboxylic acids is 2. The van der Waals surface area contributed by atoms with Crippen molar-refractivity contribution in [3.8, 4) is 5.75 Å². The Morgan fingerprint density at radius 3 is 1.89 bits per heavy atom. The minimum atomic E-state index is -1.26. The summed E-state index contributed by atoms with van der Waals surface area (Å²) in [5.74, 6) is -2.16. The van der Waals surface area contributed by atoms with E-state index in [0.717, 1.165) is 32.5 Å². The summed E-state index contributed by atoms with van der Waals surface area (Å²) < 4.78 is 0. The van der Waals surface area contributed by atoms with Crippen molar-refractivity contribution in [2.45, 2.75) is 19.8 Å². The van der Waals surface area contributed by atoms with E-state index in [2.05, 4.69) is 48.2 Å². The van der Waals surface area contributed by atoms with Crippen molar-refractivity contribution in [3.05, 3.63) is 77.9 Å². The molecule has 0 saturated carbocycles. The van der Waals surface area contributed by atoms with Gasteiger partial charge in [-0.15, -0.1) is 0 Å². The Hall–Kier alpha value is -3.12. The Labute approximate surface area is 165 Å². The predicted molar refractivity (Wildman–Crippen MR) is 108 cm³/mol. The Morgan fingerprint density at radius 1 is 0.857 bits per heavy atom. The first kappa shape index (κ1) is 22.9. The largest absolute Gasteiger partial charge is 0.508 e. The summed E-state index contributed by atoms with van der Waals surface area (Å²) in [4.78, 5) is 21.6. The van der Waals surface area contributed by atoms with Gasteiger partial charge in [-0.1, -0.05) is 49.4 Å². The van der Waals surface area contributed by atoms with Crippen LogP contribution in [0, 0.1) is 0 Å². The maximum atomic E-state index is 9.55. The number of carboxylic acid groups (broad SMARTS) is 2. The fourth-order valence-electron chi connectivity index (χ4n) is 2.50. The predicted octanol–water partition coefficient (Wildman–Crippen LogP) is 3.21. The van der Waals surface area contributed by atoms with Gasteiger partial charge in [0.15, 0.2) is 0 Å². The lowest BCUT2D eigenvalue weighted by Gasteiger charge is -2.20. The highest BCUT2D eigenvalue weighted by Crippen LogP contribution is 2.12. The molecule has 0 radical (unpaired) electrons. The van der Waals surface area contributed by atoms with Gasteiger partial charge in [-0.05, 0) is 42.6 Å². The number of carboxylic acids is 2. The number of aromatic hydroxyl groups is 1. The van der Waals surface area contributed by atoms with E-state index in [9.17, 15) is 14.7 Å². The first-order chi connectivity index (χ1) is 13.4. The van der Waals surface area contributed by atoms with Gasteiger partial charge in [0.05, 0.1) is 0 Å². The van der Waals surface area contributed by atoms with Crippen LogP contribution in [0.3, 0.4) is 0 Å². The number of hydrogen-bond donors (Lipinski definition) is 3. The molecule has 0 heterocycles. The molecule has 0 bridgehead atoms. The van der Waals surface area contributed by atoms with Crippen molar-refractivity contribution >= 4 is 11.9 Å². The van der Waals surface area contributed by atoms with E-state index in [1.54, 1.807) is 6.07 Å². The van der Waals surface area contributed by atoms with Crippen LogP contribution in [0.1, 0.15) is 18.1 Å². The topological polar surface area (TPSA) is 98.1 Å². The number of rotatable bonds is 9. The second-order valence-corrected chi connectivity index (χ2v) is 6.10. The van der Waals surface area contributed by atoms with E-state index in [1.165, 1.54) is 11.1 Å². The molecule has 6 heteroatoms. The van der Waals surface area contributed by atoms with Gasteiger partial charge in [0, 0.05) is 25.2 Å². The second-order valence-electron chi connectivity index (χ2n) is 6.10. The van der Waals surface area contributed by atoms with Gasteiger partial charge in [-0.3, -0.25) is 0 Å². The standard InChI is InChI=1S/C18H23NO.C4H4O4/c1-2-19(13-11-16-7-4-3-5-8-16)14-12-17-9-6-10-18(20)15-17;5-3(6)1-2-4(7)8/h3-10,15,20H,2,11-14H2,1H3;1-2H,(H,5,6)(H,7,8). The van der Waals surface area contributed by atoms with Crippen molar-refractivity contribution in [2.75, 3.05) is 19.6 Å². The van der Waals surface area contributed by atoms with E-state index in [0.29, 0.717) is 17.9 Å². The molecular formula is C22H27NO5. The van der Waals surface area contributed by atoms with E-state index in [4.69, 9.17) is 10.2 Å². The Bertz CT molecular complexity index is 743. The van der Waals surface area contributed by atoms with Crippen LogP contribution >= 0.6 is 0 Å². The van der Waals surface area contributed by atoms with Gasteiger partial charge in [0.1, 0.15) is 5.75 Å². The fourth-order valence-corrected chi connectivity index (χ4v) is 2.50. The zero-order valence-electron chi connectivity index (χ0n) is 16.0. The Morgan fingerprint density at radius 2 is 1.39 bits per heavy atom. The lowest BCUT2D eigenvalue weighted by atomic mass is 10.1. The summed E-state index contributed by atoms with van der Waals surface area (Å²) >= 11 is 0. The van der Waals surface area contributed by atoms with Crippen LogP contribution in [0.15, 0.2) is 66.7 Å². The van der Waals surface area contributed by atoms with Crippen molar-refractivity contribution in [3.63, 3.8) is 0 Å². The van der Waals surface area contributed by atoms with Crippen LogP contribution in [-0.2, 0) is 22.4 Å². The molecule has 0 aromatic heterocycles. The van der Waals surface area contributed by atoms with Crippen LogP contribution in [0.2, 0.25) is 0 Å². The average Bonchev–Trinajstić information content (AvgIpc) is 2.68. The third-order valence-corrected chi connectivity index (χ3v) is 4.00. The van der Waals surface area contributed by atoms with Gasteiger partial charge < -0.3 is 20.2 Å². The van der Waals surface area contributed by atoms with Crippen molar-refractivity contribution in [1.29, 1.82) is 0 Å². The average molecular weight is 385 g/mol. The van der Waals surface area contributed by atoms with Crippen LogP contribution in [0.25, 0.3) is 0 Å². The van der Waals surface area contributed by atoms with E-state index in [1.807, 2.05) is 12.1 Å². The molecule has 0 aliphatic rings. The highest BCUT2D eigenvalue weighted by atomic mass is 16.4. The third-order valence-electron chi connectivity index (χ3n) is 4.00. The molecule has 0 fully saturated rings. The molecule has 2 aromatic rings. The highest BCUT2D eigenvalue weighted by molar-refractivity contribution is 5.89. The van der Waals surface area contributed by atoms with Crippen molar-refractivity contribution in [1.82, 2.24) is 4.90 Å². The number of carbonyl (C=O) groups is 2. The van der Waals surface area contributed by atoms with Gasteiger partial charge in [0.25, 0.3) is 0 Å². The molecule has 0 amide bonds. The van der Waals surface area contributed by atoms with Gasteiger partial charge in [-0.2, -0.15) is 0 Å². The number of phenolic OH excluding ortho intramolecular Hbond substituents is 1. The lowest BCUT2D eigenvalue weighted by molar-refractivity contribution is -0.134. The number of benzene rings is 2. The van der Waals surface area contributed by atoms with Gasteiger partial charge in [0.2, 0.25) is 0 Å². The number of phenols is 1. The second kappa shape index (κ2) is 13.1. The number of likely N-dealkylation sites (N-methyl/N-ethyl adjacent to an activating group) is 1. The molecule has 150 valence electrons. The van der Waals surface area contributed by atoms with E-state index in [-0.39, 0.29) is 0 Å². The molecule has 0 spiro atoms. The Kier molecular flexibility index (Phi) is 10.7. The van der Waals surface area contributed by atoms with Gasteiger partial charge in [-0.25, -0.2) is 9.59 Å². The molecule has 0 atom stereocenters. The third kappa shape index (κ3) is 10.8. The molecule has 0 unspecified atom stereocenters. The Balaban J connectivity index is 0.000000416. The normalized spacial score (nSPS) is 10.5. The number of nitrogens with zero attached hydrogens (tertiary/aromatic N) is 1. The molecular weight excluding hydrogens is 358 g/mol. The fraction of sp³-hybridized carbons (Fsp3) is 0.273. The molecule has 0 aliphatic carbocycles. The molecule has 2 aromatic carbocycles. The summed E-state index contributed by atoms with van der Waals surface area (Å²) in [6, 6.07) is 18.2. The first-order valence-electron chi connectivity index (χ1n) is 9.08. The lowest BCUT2D eigenvalue weighted by Crippen LogP contribution is -2.28. The molecule has 28 heavy (non-hydrogen) atoms. The minimum absolute atomic E-state index is 0.356. The van der Waals surface area contributed by atoms with Crippen molar-refractivity contribution in [2.24, 2.45) is 0 Å². The monoisotopic (exact) mass is 385 g/mol. The maximum Gasteiger partial charge on any atom is 0.328 e. The molecule has 6 nitrogen and oxygen atoms in total. The van der Waals surface area contributed by atoms with Gasteiger partial charge >= 0.3 is 11.9 Å². The van der Waals surface area contributed by atoms with Crippen LogP contribution < -0.4 is 0 Å². The smallest absolute Gasteiger partial charge is 0.328 e. The summed E-state index contributed by atoms with van der Waals surface area (Å²) in [7, 11) is 0. The van der Waals surface area contributed by atoms with E-state index >= 15 is 0 Å². The summed E-state index contributed by atoms with van der Waals surface area (Å²) in [6.45, 7) is 5.38. The van der Waals surface area contributed by atoms with Crippen LogP contribution in [-0.4, -0.2) is 51.8 Å². The number of hydrogen-bond acceptors (Lipinski definition) is 4. The summed E-state index contributed by atoms with van der Waals surface area (Å²) in [6.07, 6.45) is 3.19. The molecule has 0 aliphatic heterocycles. The minimum Gasteiger partial charge on any atom is -0.508 e. The van der Waals surface area contributed by atoms with E-state index < -0.39 is 11.9 Å². The zero-order chi connectivity index (χ0) is 20.8. The van der Waals surface area contributed by atoms with Crippen LogP contribution in [0.5, 0.6) is 5.75 Å².